The molecule has 0 atom stereocenters. The van der Waals surface area contributed by atoms with Crippen LogP contribution in [0.1, 0.15) is 32.3 Å². The van der Waals surface area contributed by atoms with Gasteiger partial charge < -0.3 is 0 Å². The first-order valence-corrected chi connectivity index (χ1v) is 8.20. The van der Waals surface area contributed by atoms with E-state index in [1.165, 1.54) is 0 Å². The lowest BCUT2D eigenvalue weighted by atomic mass is 10.0. The van der Waals surface area contributed by atoms with Crippen LogP contribution in [0.25, 0.3) is 0 Å². The molecule has 0 saturated carbocycles. The molecule has 5 heteroatoms. The number of benzene rings is 1. The van der Waals surface area contributed by atoms with Crippen LogP contribution in [-0.2, 0) is 15.9 Å². The van der Waals surface area contributed by atoms with E-state index in [0.29, 0.717) is 18.0 Å². The Hall–Kier alpha value is -0.580. The lowest BCUT2D eigenvalue weighted by Gasteiger charge is -2.14. The SMILES string of the molecule is CCC(CC)CNS(=O)(=O)c1ccccc1CCl. The molecule has 0 aliphatic carbocycles. The zero-order valence-corrected chi connectivity index (χ0v) is 12.4. The highest BCUT2D eigenvalue weighted by Gasteiger charge is 2.18. The minimum Gasteiger partial charge on any atom is -0.211 e. The minimum absolute atomic E-state index is 0.196. The van der Waals surface area contributed by atoms with Crippen molar-refractivity contribution in [3.63, 3.8) is 0 Å². The van der Waals surface area contributed by atoms with Crippen LogP contribution in [0.4, 0.5) is 0 Å². The Balaban J connectivity index is 2.86. The maximum atomic E-state index is 12.2. The van der Waals surface area contributed by atoms with Crippen LogP contribution in [0.3, 0.4) is 0 Å². The summed E-state index contributed by atoms with van der Waals surface area (Å²) in [5, 5.41) is 0. The molecule has 0 saturated heterocycles. The number of rotatable bonds is 7. The lowest BCUT2D eigenvalue weighted by molar-refractivity contribution is 0.479. The average molecular weight is 290 g/mol. The monoisotopic (exact) mass is 289 g/mol. The summed E-state index contributed by atoms with van der Waals surface area (Å²) in [7, 11) is -3.45. The first-order valence-electron chi connectivity index (χ1n) is 6.18. The van der Waals surface area contributed by atoms with Gasteiger partial charge in [-0.1, -0.05) is 44.9 Å². The normalized spacial score (nSPS) is 12.0. The van der Waals surface area contributed by atoms with Crippen molar-refractivity contribution in [1.82, 2.24) is 4.72 Å². The van der Waals surface area contributed by atoms with Crippen molar-refractivity contribution in [2.45, 2.75) is 37.5 Å². The van der Waals surface area contributed by atoms with Crippen molar-refractivity contribution in [2.24, 2.45) is 5.92 Å². The van der Waals surface area contributed by atoms with Crippen LogP contribution < -0.4 is 4.72 Å². The summed E-state index contributed by atoms with van der Waals surface area (Å²) in [5.41, 5.74) is 0.635. The van der Waals surface area contributed by atoms with Crippen LogP contribution in [0.15, 0.2) is 29.2 Å². The van der Waals surface area contributed by atoms with Gasteiger partial charge in [-0.3, -0.25) is 0 Å². The molecule has 0 unspecified atom stereocenters. The van der Waals surface area contributed by atoms with Gasteiger partial charge in [0, 0.05) is 12.4 Å². The molecule has 0 bridgehead atoms. The van der Waals surface area contributed by atoms with Gasteiger partial charge in [0.15, 0.2) is 0 Å². The highest BCUT2D eigenvalue weighted by atomic mass is 35.5. The summed E-state index contributed by atoms with van der Waals surface area (Å²) < 4.78 is 27.0. The van der Waals surface area contributed by atoms with E-state index in [2.05, 4.69) is 18.6 Å². The molecule has 1 aromatic rings. The first kappa shape index (κ1) is 15.5. The molecule has 0 radical (unpaired) electrons. The fourth-order valence-electron chi connectivity index (χ4n) is 1.76. The van der Waals surface area contributed by atoms with Crippen molar-refractivity contribution in [3.05, 3.63) is 29.8 Å². The van der Waals surface area contributed by atoms with Gasteiger partial charge in [0.2, 0.25) is 10.0 Å². The molecular formula is C13H20ClNO2S. The number of alkyl halides is 1. The van der Waals surface area contributed by atoms with Crippen LogP contribution >= 0.6 is 11.6 Å². The Kier molecular flexibility index (Phi) is 6.12. The molecule has 0 amide bonds. The Bertz CT molecular complexity index is 470. The Labute approximate surface area is 115 Å². The highest BCUT2D eigenvalue weighted by molar-refractivity contribution is 7.89. The van der Waals surface area contributed by atoms with Gasteiger partial charge in [-0.05, 0) is 17.5 Å². The van der Waals surface area contributed by atoms with E-state index in [4.69, 9.17) is 11.6 Å². The third-order valence-electron chi connectivity index (χ3n) is 3.12. The third kappa shape index (κ3) is 3.97. The summed E-state index contributed by atoms with van der Waals surface area (Å²) in [6, 6.07) is 6.82. The topological polar surface area (TPSA) is 46.2 Å². The molecule has 0 aliphatic heterocycles. The average Bonchev–Trinajstić information content (AvgIpc) is 2.39. The molecule has 1 aromatic carbocycles. The van der Waals surface area contributed by atoms with E-state index in [0.717, 1.165) is 12.8 Å². The molecule has 102 valence electrons. The predicted octanol–water partition coefficient (Wildman–Crippen LogP) is 3.14. The molecule has 0 heterocycles. The number of nitrogens with one attached hydrogen (secondary N) is 1. The molecule has 1 rings (SSSR count). The molecule has 0 fully saturated rings. The summed E-state index contributed by atoms with van der Waals surface area (Å²) in [5.74, 6) is 0.574. The second-order valence-corrected chi connectivity index (χ2v) is 6.28. The molecule has 0 spiro atoms. The van der Waals surface area contributed by atoms with Gasteiger partial charge in [-0.2, -0.15) is 0 Å². The quantitative estimate of drug-likeness (QED) is 0.784. The fourth-order valence-corrected chi connectivity index (χ4v) is 3.43. The van der Waals surface area contributed by atoms with E-state index in [-0.39, 0.29) is 10.8 Å². The van der Waals surface area contributed by atoms with Crippen LogP contribution in [-0.4, -0.2) is 15.0 Å². The number of halogens is 1. The Morgan fingerprint density at radius 3 is 2.39 bits per heavy atom. The molecular weight excluding hydrogens is 270 g/mol. The van der Waals surface area contributed by atoms with Gasteiger partial charge in [0.05, 0.1) is 4.90 Å². The molecule has 3 nitrogen and oxygen atoms in total. The summed E-state index contributed by atoms with van der Waals surface area (Å²) in [4.78, 5) is 0.283. The zero-order chi connectivity index (χ0) is 13.6. The van der Waals surface area contributed by atoms with Crippen molar-refractivity contribution >= 4 is 21.6 Å². The molecule has 1 N–H and O–H groups in total. The molecule has 0 aliphatic rings. The maximum absolute atomic E-state index is 12.2. The summed E-state index contributed by atoms with van der Waals surface area (Å²) >= 11 is 5.76. The third-order valence-corrected chi connectivity index (χ3v) is 4.93. The van der Waals surface area contributed by atoms with Crippen molar-refractivity contribution in [1.29, 1.82) is 0 Å². The highest BCUT2D eigenvalue weighted by Crippen LogP contribution is 2.17. The Morgan fingerprint density at radius 1 is 1.22 bits per heavy atom. The van der Waals surface area contributed by atoms with Crippen molar-refractivity contribution in [3.8, 4) is 0 Å². The molecule has 0 aromatic heterocycles. The largest absolute Gasteiger partial charge is 0.240 e. The fraction of sp³-hybridized carbons (Fsp3) is 0.538. The van der Waals surface area contributed by atoms with E-state index in [1.54, 1.807) is 24.3 Å². The van der Waals surface area contributed by atoms with E-state index in [9.17, 15) is 8.42 Å². The van der Waals surface area contributed by atoms with E-state index >= 15 is 0 Å². The van der Waals surface area contributed by atoms with Crippen LogP contribution in [0, 0.1) is 5.92 Å². The molecule has 18 heavy (non-hydrogen) atoms. The van der Waals surface area contributed by atoms with Gasteiger partial charge in [-0.25, -0.2) is 13.1 Å². The number of hydrogen-bond acceptors (Lipinski definition) is 2. The number of hydrogen-bond donors (Lipinski definition) is 1. The van der Waals surface area contributed by atoms with Gasteiger partial charge in [0.25, 0.3) is 0 Å². The standard InChI is InChI=1S/C13H20ClNO2S/c1-3-11(4-2)10-15-18(16,17)13-8-6-5-7-12(13)9-14/h5-8,11,15H,3-4,9-10H2,1-2H3. The van der Waals surface area contributed by atoms with E-state index in [1.807, 2.05) is 0 Å². The van der Waals surface area contributed by atoms with Crippen molar-refractivity contribution < 1.29 is 8.42 Å². The maximum Gasteiger partial charge on any atom is 0.240 e. The first-order chi connectivity index (χ1) is 8.55. The van der Waals surface area contributed by atoms with E-state index < -0.39 is 10.0 Å². The number of sulfonamides is 1. The summed E-state index contributed by atoms with van der Waals surface area (Å²) in [6.07, 6.45) is 1.94. The summed E-state index contributed by atoms with van der Waals surface area (Å²) in [6.45, 7) is 4.61. The van der Waals surface area contributed by atoms with Gasteiger partial charge >= 0.3 is 0 Å². The minimum atomic E-state index is -3.45. The zero-order valence-electron chi connectivity index (χ0n) is 10.8. The second-order valence-electron chi connectivity index (χ2n) is 4.28. The van der Waals surface area contributed by atoms with Crippen molar-refractivity contribution in [2.75, 3.05) is 6.54 Å². The lowest BCUT2D eigenvalue weighted by Crippen LogP contribution is -2.29. The van der Waals surface area contributed by atoms with Gasteiger partial charge in [0.1, 0.15) is 0 Å². The smallest absolute Gasteiger partial charge is 0.211 e. The Morgan fingerprint density at radius 2 is 1.83 bits per heavy atom. The van der Waals surface area contributed by atoms with Gasteiger partial charge in [-0.15, -0.1) is 11.6 Å². The van der Waals surface area contributed by atoms with Crippen LogP contribution in [0.2, 0.25) is 0 Å². The predicted molar refractivity (Wildman–Crippen MR) is 75.3 cm³/mol. The second kappa shape index (κ2) is 7.12. The van der Waals surface area contributed by atoms with Crippen LogP contribution in [0.5, 0.6) is 0 Å².